The van der Waals surface area contributed by atoms with Gasteiger partial charge in [0.1, 0.15) is 26.3 Å². The van der Waals surface area contributed by atoms with Gasteiger partial charge in [0.2, 0.25) is 0 Å². The minimum atomic E-state index is -0.440. The number of allylic oxidation sites excluding steroid dienone is 5. The maximum Gasteiger partial charge on any atom is 0.333 e. The number of carbonyl (C=O) groups excluding carboxylic acids is 2. The van der Waals surface area contributed by atoms with Gasteiger partial charge in [-0.2, -0.15) is 0 Å². The van der Waals surface area contributed by atoms with E-state index >= 15 is 0 Å². The zero-order chi connectivity index (χ0) is 37.4. The van der Waals surface area contributed by atoms with Gasteiger partial charge in [-0.3, -0.25) is 0 Å². The predicted molar refractivity (Wildman–Crippen MR) is 212 cm³/mol. The minimum absolute atomic E-state index is 0.158. The summed E-state index contributed by atoms with van der Waals surface area (Å²) in [6, 6.07) is 12.6. The van der Waals surface area contributed by atoms with Crippen molar-refractivity contribution in [3.63, 3.8) is 0 Å². The van der Waals surface area contributed by atoms with Crippen LogP contribution in [0.4, 0.5) is 11.4 Å². The van der Waals surface area contributed by atoms with Crippen molar-refractivity contribution in [1.82, 2.24) is 0 Å². The lowest BCUT2D eigenvalue weighted by atomic mass is 9.88. The largest absolute Gasteiger partial charge is 0.460 e. The van der Waals surface area contributed by atoms with Crippen LogP contribution in [0, 0.1) is 6.92 Å². The summed E-state index contributed by atoms with van der Waals surface area (Å²) in [5.74, 6) is -0.879. The molecule has 0 N–H and O–H groups in total. The van der Waals surface area contributed by atoms with Gasteiger partial charge in [0.15, 0.2) is 5.71 Å². The van der Waals surface area contributed by atoms with Crippen molar-refractivity contribution in [2.45, 2.75) is 48.5 Å². The van der Waals surface area contributed by atoms with Crippen LogP contribution in [0.5, 0.6) is 0 Å². The van der Waals surface area contributed by atoms with E-state index < -0.39 is 11.9 Å². The molecule has 0 atom stereocenters. The number of esters is 2. The van der Waals surface area contributed by atoms with E-state index in [-0.39, 0.29) is 13.2 Å². The molecule has 50 heavy (non-hydrogen) atoms. The molecule has 0 radical (unpaired) electrons. The zero-order valence-electron chi connectivity index (χ0n) is 31.1. The first kappa shape index (κ1) is 42.1. The molecule has 1 aliphatic carbocycles. The van der Waals surface area contributed by atoms with E-state index in [9.17, 15) is 9.59 Å². The molecule has 0 saturated heterocycles. The Kier molecular flexibility index (Phi) is 17.9. The highest BCUT2D eigenvalue weighted by atomic mass is 35.5. The van der Waals surface area contributed by atoms with Crippen molar-refractivity contribution in [2.24, 2.45) is 0 Å². The van der Waals surface area contributed by atoms with E-state index in [1.807, 2.05) is 11.0 Å². The summed E-state index contributed by atoms with van der Waals surface area (Å²) in [5.41, 5.74) is 9.01. The van der Waals surface area contributed by atoms with Gasteiger partial charge in [-0.1, -0.05) is 36.9 Å². The molecule has 0 heterocycles. The van der Waals surface area contributed by atoms with Gasteiger partial charge in [-0.15, -0.1) is 11.6 Å². The topological polar surface area (TPSA) is 62.1 Å². The Morgan fingerprint density at radius 2 is 1.22 bits per heavy atom. The van der Waals surface area contributed by atoms with Crippen molar-refractivity contribution in [1.29, 1.82) is 0 Å². The third kappa shape index (κ3) is 11.5. The van der Waals surface area contributed by atoms with Crippen LogP contribution in [0.15, 0.2) is 90.6 Å². The summed E-state index contributed by atoms with van der Waals surface area (Å²) in [5, 5.41) is 0.686. The summed E-state index contributed by atoms with van der Waals surface area (Å²) in [6.45, 7) is 26.0. The highest BCUT2D eigenvalue weighted by Crippen LogP contribution is 2.38. The first-order chi connectivity index (χ1) is 23.9. The molecular formula is C41H54Cl2N3O4+. The molecule has 0 aromatic heterocycles. The number of nitrogens with zero attached hydrogens (tertiary/aromatic N) is 3. The minimum Gasteiger partial charge on any atom is -0.460 e. The summed E-state index contributed by atoms with van der Waals surface area (Å²) < 4.78 is 13.1. The number of rotatable bonds is 16. The number of hydrogen-bond donors (Lipinski definition) is 0. The van der Waals surface area contributed by atoms with Crippen LogP contribution in [0.2, 0.25) is 5.02 Å². The number of ether oxygens (including phenoxy) is 2. The number of halogens is 2. The molecular weight excluding hydrogens is 669 g/mol. The highest BCUT2D eigenvalue weighted by molar-refractivity contribution is 6.33. The van der Waals surface area contributed by atoms with Gasteiger partial charge in [-0.05, 0) is 107 Å². The van der Waals surface area contributed by atoms with Gasteiger partial charge < -0.3 is 19.3 Å². The van der Waals surface area contributed by atoms with Crippen molar-refractivity contribution in [3.05, 3.63) is 112 Å². The Balaban J connectivity index is 0.00000425. The standard InChI is InChI=1S/C40H51ClN3O4.CH3Cl/c1-10-42(11-2)32-16-14-31(15-17-32)38(36-21-19-34(27-37(36)41)43(12-3)13-4)35-20-18-33(26-30(35)9)44(22-24-47-39(45)28(5)6)23-25-48-40(46)29(7)8;1-2/h14-21,26-27H,5,7,10-13,22-25H2,1-4,6,8-9H3;1H3/q+1;. The van der Waals surface area contributed by atoms with Crippen LogP contribution in [-0.2, 0) is 19.1 Å². The molecule has 0 saturated carbocycles. The molecule has 9 heteroatoms. The maximum absolute atomic E-state index is 12.1. The molecule has 0 amide bonds. The number of carbonyl (C=O) groups is 2. The Morgan fingerprint density at radius 1 is 0.740 bits per heavy atom. The molecule has 0 bridgehead atoms. The van der Waals surface area contributed by atoms with E-state index in [2.05, 4.69) is 123 Å². The molecule has 1 aliphatic rings. The van der Waals surface area contributed by atoms with Gasteiger partial charge in [-0.25, -0.2) is 14.2 Å². The van der Waals surface area contributed by atoms with Crippen molar-refractivity contribution < 1.29 is 23.6 Å². The van der Waals surface area contributed by atoms with E-state index in [1.165, 1.54) is 12.1 Å². The zero-order valence-corrected chi connectivity index (χ0v) is 32.6. The van der Waals surface area contributed by atoms with E-state index in [0.717, 1.165) is 65.4 Å². The van der Waals surface area contributed by atoms with Crippen LogP contribution < -0.4 is 9.80 Å². The van der Waals surface area contributed by atoms with Crippen molar-refractivity contribution in [3.8, 4) is 0 Å². The fourth-order valence-corrected chi connectivity index (χ4v) is 5.88. The third-order valence-electron chi connectivity index (χ3n) is 8.37. The molecule has 0 spiro atoms. The SMILES string of the molecule is C=C(C)C(=O)OCCN(CCOC(=O)C(=C)C)c1ccc(C(=C2C=CC(=[N+](CC)CC)C=C2)c2ccc(N(CC)CC)cc2Cl)c(C)c1.CCl. The average Bonchev–Trinajstić information content (AvgIpc) is 3.11. The van der Waals surface area contributed by atoms with Gasteiger partial charge in [0.05, 0.1) is 18.1 Å². The van der Waals surface area contributed by atoms with Crippen LogP contribution in [-0.4, -0.2) is 81.1 Å². The molecule has 2 aromatic carbocycles. The predicted octanol–water partition coefficient (Wildman–Crippen LogP) is 8.82. The Labute approximate surface area is 309 Å². The Morgan fingerprint density at radius 3 is 1.64 bits per heavy atom. The van der Waals surface area contributed by atoms with Crippen LogP contribution >= 0.6 is 23.2 Å². The third-order valence-corrected chi connectivity index (χ3v) is 8.68. The van der Waals surface area contributed by atoms with E-state index in [1.54, 1.807) is 13.8 Å². The van der Waals surface area contributed by atoms with Crippen LogP contribution in [0.3, 0.4) is 0 Å². The van der Waals surface area contributed by atoms with E-state index in [0.29, 0.717) is 29.3 Å². The van der Waals surface area contributed by atoms with Gasteiger partial charge in [0, 0.05) is 59.7 Å². The number of hydrogen-bond acceptors (Lipinski definition) is 6. The van der Waals surface area contributed by atoms with E-state index in [4.69, 9.17) is 21.1 Å². The maximum atomic E-state index is 12.1. The quantitative estimate of drug-likeness (QED) is 0.0747. The second-order valence-electron chi connectivity index (χ2n) is 11.7. The highest BCUT2D eigenvalue weighted by Gasteiger charge is 2.20. The molecule has 270 valence electrons. The number of anilines is 2. The Bertz CT molecular complexity index is 1590. The molecule has 0 fully saturated rings. The first-order valence-electron chi connectivity index (χ1n) is 17.1. The normalized spacial score (nSPS) is 11.7. The van der Waals surface area contributed by atoms with Crippen molar-refractivity contribution in [2.75, 3.05) is 68.7 Å². The first-order valence-corrected chi connectivity index (χ1v) is 18.2. The van der Waals surface area contributed by atoms with Gasteiger partial charge >= 0.3 is 11.9 Å². The smallest absolute Gasteiger partial charge is 0.333 e. The average molecular weight is 724 g/mol. The summed E-state index contributed by atoms with van der Waals surface area (Å²) in [7, 11) is 0. The fourth-order valence-electron chi connectivity index (χ4n) is 5.61. The summed E-state index contributed by atoms with van der Waals surface area (Å²) in [6.07, 6.45) is 10.2. The molecule has 7 nitrogen and oxygen atoms in total. The summed E-state index contributed by atoms with van der Waals surface area (Å²) in [4.78, 5) is 28.4. The monoisotopic (exact) mass is 722 g/mol. The number of aryl methyl sites for hydroxylation is 1. The lowest BCUT2D eigenvalue weighted by Gasteiger charge is -2.26. The second kappa shape index (κ2) is 21.2. The molecule has 2 aromatic rings. The fraction of sp³-hybridized carbons (Fsp3) is 0.390. The number of benzene rings is 2. The lowest BCUT2D eigenvalue weighted by molar-refractivity contribution is -0.519. The van der Waals surface area contributed by atoms with Gasteiger partial charge in [0.25, 0.3) is 0 Å². The molecule has 0 aliphatic heterocycles. The van der Waals surface area contributed by atoms with Crippen molar-refractivity contribution >= 4 is 57.8 Å². The molecule has 3 rings (SSSR count). The molecule has 0 unspecified atom stereocenters. The van der Waals surface area contributed by atoms with Crippen LogP contribution in [0.1, 0.15) is 58.2 Å². The lowest BCUT2D eigenvalue weighted by Crippen LogP contribution is -2.32. The summed E-state index contributed by atoms with van der Waals surface area (Å²) >= 11 is 11.7. The number of alkyl halides is 1. The Hall–Kier alpha value is -4.07. The van der Waals surface area contributed by atoms with Crippen LogP contribution in [0.25, 0.3) is 5.57 Å². The second-order valence-corrected chi connectivity index (χ2v) is 12.2.